The maximum absolute atomic E-state index is 15.6. The summed E-state index contributed by atoms with van der Waals surface area (Å²) in [5.74, 6) is -4.66. The smallest absolute Gasteiger partial charge is 0.337 e. The normalized spacial score (nSPS) is 17.9. The van der Waals surface area contributed by atoms with Gasteiger partial charge >= 0.3 is 18.0 Å². The average Bonchev–Trinajstić information content (AvgIpc) is 3.34. The van der Waals surface area contributed by atoms with E-state index in [1.165, 1.54) is 35.2 Å². The number of primary amides is 1. The number of carboxylic acid groups (broad SMARTS) is 1. The maximum Gasteiger partial charge on any atom is 0.337 e. The molecule has 1 aliphatic heterocycles. The Balaban J connectivity index is 2.04. The molecule has 44 heavy (non-hydrogen) atoms. The molecular weight excluding hydrogens is 571 g/mol. The van der Waals surface area contributed by atoms with Crippen LogP contribution in [-0.4, -0.2) is 46.9 Å². The van der Waals surface area contributed by atoms with E-state index in [2.05, 4.69) is 10.6 Å². The first kappa shape index (κ1) is 31.7. The number of carboxylic acids is 1. The molecule has 3 atom stereocenters. The number of carbonyl (C=O) groups excluding carboxylic acids is 4. The van der Waals surface area contributed by atoms with Crippen molar-refractivity contribution in [1.29, 1.82) is 0 Å². The second-order valence-corrected chi connectivity index (χ2v) is 11.3. The van der Waals surface area contributed by atoms with Crippen LogP contribution in [0.1, 0.15) is 54.7 Å². The highest BCUT2D eigenvalue weighted by Crippen LogP contribution is 2.50. The van der Waals surface area contributed by atoms with Crippen molar-refractivity contribution >= 4 is 47.2 Å². The summed E-state index contributed by atoms with van der Waals surface area (Å²) in [6.07, 6.45) is 0.0841. The molecule has 1 saturated heterocycles. The average molecular weight is 605 g/mol. The molecule has 230 valence electrons. The fourth-order valence-corrected chi connectivity index (χ4v) is 5.43. The van der Waals surface area contributed by atoms with Crippen molar-refractivity contribution in [3.05, 3.63) is 89.2 Å². The number of nitrogens with zero attached hydrogens (tertiary/aromatic N) is 1. The number of ether oxygens (including phenoxy) is 1. The Morgan fingerprint density at radius 1 is 1.02 bits per heavy atom. The van der Waals surface area contributed by atoms with Crippen LogP contribution in [0.2, 0.25) is 0 Å². The minimum atomic E-state index is -1.45. The molecule has 3 amide bonds. The first-order chi connectivity index (χ1) is 20.8. The van der Waals surface area contributed by atoms with E-state index in [9.17, 15) is 29.1 Å². The summed E-state index contributed by atoms with van der Waals surface area (Å²) >= 11 is 0. The quantitative estimate of drug-likeness (QED) is 0.202. The summed E-state index contributed by atoms with van der Waals surface area (Å²) in [4.78, 5) is 65.5. The number of nitrogens with one attached hydrogen (secondary N) is 2. The van der Waals surface area contributed by atoms with E-state index in [0.717, 1.165) is 0 Å². The summed E-state index contributed by atoms with van der Waals surface area (Å²) in [6, 6.07) is 13.0. The van der Waals surface area contributed by atoms with Crippen molar-refractivity contribution in [3.8, 4) is 0 Å². The van der Waals surface area contributed by atoms with Crippen molar-refractivity contribution in [1.82, 2.24) is 0 Å². The SMILES string of the molecule is CC(C)(C)OC(=O)C1CC(C(=O)Nc2ccccc2)C(c2ccccc2F)N1c1c(C(=O)O)ccc(CC=O)c1NC(N)=O. The van der Waals surface area contributed by atoms with Gasteiger partial charge in [-0.25, -0.2) is 18.8 Å². The van der Waals surface area contributed by atoms with Crippen LogP contribution in [0.25, 0.3) is 0 Å². The monoisotopic (exact) mass is 604 g/mol. The van der Waals surface area contributed by atoms with Gasteiger partial charge in [0.15, 0.2) is 0 Å². The number of aromatic carboxylic acids is 1. The number of rotatable bonds is 9. The number of benzene rings is 3. The largest absolute Gasteiger partial charge is 0.478 e. The van der Waals surface area contributed by atoms with Gasteiger partial charge in [-0.1, -0.05) is 42.5 Å². The third-order valence-corrected chi connectivity index (χ3v) is 7.08. The number of halogens is 1. The van der Waals surface area contributed by atoms with Crippen LogP contribution in [0.3, 0.4) is 0 Å². The summed E-state index contributed by atoms with van der Waals surface area (Å²) in [5, 5.41) is 15.5. The Morgan fingerprint density at radius 3 is 2.27 bits per heavy atom. The highest BCUT2D eigenvalue weighted by Gasteiger charge is 2.52. The van der Waals surface area contributed by atoms with Gasteiger partial charge in [-0.15, -0.1) is 0 Å². The molecule has 0 bridgehead atoms. The van der Waals surface area contributed by atoms with Gasteiger partial charge in [-0.3, -0.25) is 4.79 Å². The first-order valence-electron chi connectivity index (χ1n) is 13.8. The lowest BCUT2D eigenvalue weighted by Gasteiger charge is -2.36. The number of carbonyl (C=O) groups is 5. The molecule has 0 saturated carbocycles. The summed E-state index contributed by atoms with van der Waals surface area (Å²) < 4.78 is 21.3. The third kappa shape index (κ3) is 6.86. The maximum atomic E-state index is 15.6. The molecule has 1 heterocycles. The lowest BCUT2D eigenvalue weighted by Crippen LogP contribution is -2.43. The molecule has 11 nitrogen and oxygen atoms in total. The predicted molar refractivity (Wildman–Crippen MR) is 161 cm³/mol. The highest BCUT2D eigenvalue weighted by molar-refractivity contribution is 6.05. The van der Waals surface area contributed by atoms with Crippen molar-refractivity contribution in [2.75, 3.05) is 15.5 Å². The number of para-hydroxylation sites is 1. The molecule has 4 rings (SSSR count). The lowest BCUT2D eigenvalue weighted by molar-refractivity contribution is -0.156. The van der Waals surface area contributed by atoms with E-state index in [4.69, 9.17) is 10.5 Å². The number of hydrogen-bond acceptors (Lipinski definition) is 7. The zero-order valence-electron chi connectivity index (χ0n) is 24.4. The number of nitrogens with two attached hydrogens (primary N) is 1. The third-order valence-electron chi connectivity index (χ3n) is 7.08. The van der Waals surface area contributed by atoms with Crippen LogP contribution in [0.15, 0.2) is 66.7 Å². The molecule has 0 spiro atoms. The summed E-state index contributed by atoms with van der Waals surface area (Å²) in [5.41, 5.74) is 4.34. The molecule has 3 aromatic carbocycles. The minimum Gasteiger partial charge on any atom is -0.478 e. The van der Waals surface area contributed by atoms with E-state index < -0.39 is 53.3 Å². The standard InChI is InChI=1S/C32H33FN4O7/c1-32(2,3)44-30(42)24-17-22(28(39)35-19-9-5-4-6-10-19)26(20-11-7-8-12-23(20)33)37(24)27-21(29(40)41)14-13-18(15-16-38)25(27)36-31(34)43/h4-14,16,22,24,26H,15,17H2,1-3H3,(H,35,39)(H,40,41)(H3,34,36,43). The van der Waals surface area contributed by atoms with Crippen molar-refractivity contribution in [2.45, 2.75) is 51.3 Å². The zero-order chi connectivity index (χ0) is 32.2. The van der Waals surface area contributed by atoms with Crippen LogP contribution < -0.4 is 21.3 Å². The molecule has 0 aromatic heterocycles. The molecule has 3 unspecified atom stereocenters. The van der Waals surface area contributed by atoms with Gasteiger partial charge in [0.05, 0.1) is 28.9 Å². The van der Waals surface area contributed by atoms with Gasteiger partial charge in [0.25, 0.3) is 0 Å². The molecule has 0 radical (unpaired) electrons. The zero-order valence-corrected chi connectivity index (χ0v) is 24.4. The van der Waals surface area contributed by atoms with Gasteiger partial charge in [0.2, 0.25) is 5.91 Å². The second kappa shape index (κ2) is 12.9. The number of hydrogen-bond donors (Lipinski definition) is 4. The fraction of sp³-hybridized carbons (Fsp3) is 0.281. The van der Waals surface area contributed by atoms with Gasteiger partial charge in [-0.2, -0.15) is 0 Å². The van der Waals surface area contributed by atoms with Crippen LogP contribution in [0.4, 0.5) is 26.2 Å². The van der Waals surface area contributed by atoms with Gasteiger partial charge in [0.1, 0.15) is 23.7 Å². The van der Waals surface area contributed by atoms with E-state index in [1.54, 1.807) is 57.2 Å². The number of urea groups is 1. The molecule has 12 heteroatoms. The van der Waals surface area contributed by atoms with Gasteiger partial charge < -0.3 is 35.9 Å². The van der Waals surface area contributed by atoms with Crippen LogP contribution >= 0.6 is 0 Å². The number of anilines is 3. The second-order valence-electron chi connectivity index (χ2n) is 11.3. The van der Waals surface area contributed by atoms with Crippen LogP contribution in [-0.2, 0) is 25.5 Å². The predicted octanol–water partition coefficient (Wildman–Crippen LogP) is 4.67. The molecule has 1 fully saturated rings. The first-order valence-corrected chi connectivity index (χ1v) is 13.8. The number of esters is 1. The van der Waals surface area contributed by atoms with Crippen molar-refractivity contribution in [3.63, 3.8) is 0 Å². The van der Waals surface area contributed by atoms with E-state index in [1.807, 2.05) is 0 Å². The van der Waals surface area contributed by atoms with Crippen molar-refractivity contribution < 1.29 is 38.2 Å². The van der Waals surface area contributed by atoms with E-state index >= 15 is 4.39 Å². The minimum absolute atomic E-state index is 0.00563. The van der Waals surface area contributed by atoms with E-state index in [0.29, 0.717) is 12.0 Å². The molecular formula is C32H33FN4O7. The Labute approximate surface area is 253 Å². The Hall–Kier alpha value is -5.26. The molecule has 5 N–H and O–H groups in total. The number of aldehydes is 1. The Morgan fingerprint density at radius 2 is 1.68 bits per heavy atom. The lowest BCUT2D eigenvalue weighted by atomic mass is 9.91. The molecule has 0 aliphatic carbocycles. The van der Waals surface area contributed by atoms with Crippen LogP contribution in [0, 0.1) is 11.7 Å². The summed E-state index contributed by atoms with van der Waals surface area (Å²) in [6.45, 7) is 4.93. The van der Waals surface area contributed by atoms with Crippen LogP contribution in [0.5, 0.6) is 0 Å². The highest BCUT2D eigenvalue weighted by atomic mass is 19.1. The topological polar surface area (TPSA) is 168 Å². The van der Waals surface area contributed by atoms with Gasteiger partial charge in [0, 0.05) is 17.7 Å². The number of amides is 3. The van der Waals surface area contributed by atoms with Crippen molar-refractivity contribution in [2.24, 2.45) is 11.7 Å². The van der Waals surface area contributed by atoms with E-state index in [-0.39, 0.29) is 40.9 Å². The summed E-state index contributed by atoms with van der Waals surface area (Å²) in [7, 11) is 0. The molecule has 3 aromatic rings. The Bertz CT molecular complexity index is 1590. The molecule has 1 aliphatic rings. The fourth-order valence-electron chi connectivity index (χ4n) is 5.43. The Kier molecular flexibility index (Phi) is 9.32. The van der Waals surface area contributed by atoms with Gasteiger partial charge in [-0.05, 0) is 57.0 Å².